The van der Waals surface area contributed by atoms with E-state index in [9.17, 15) is 0 Å². The topological polar surface area (TPSA) is 68.8 Å². The molecular formula is C22H34N4O2. The van der Waals surface area contributed by atoms with E-state index in [0.29, 0.717) is 12.5 Å². The number of nitrogens with one attached hydrogen (secondary N) is 3. The molecule has 3 heterocycles. The van der Waals surface area contributed by atoms with Crippen LogP contribution in [0.1, 0.15) is 6.92 Å². The Kier molecular flexibility index (Phi) is 11.1. The van der Waals surface area contributed by atoms with E-state index in [2.05, 4.69) is 52.1 Å². The van der Waals surface area contributed by atoms with Crippen molar-refractivity contribution in [2.75, 3.05) is 52.5 Å². The van der Waals surface area contributed by atoms with Gasteiger partial charge in [-0.1, -0.05) is 25.2 Å². The summed E-state index contributed by atoms with van der Waals surface area (Å²) in [7, 11) is 0. The van der Waals surface area contributed by atoms with Crippen LogP contribution in [-0.4, -0.2) is 62.6 Å². The lowest BCUT2D eigenvalue weighted by molar-refractivity contribution is 0.0710. The molecule has 0 saturated carbocycles. The minimum atomic E-state index is 0.127. The van der Waals surface area contributed by atoms with Gasteiger partial charge in [-0.15, -0.1) is 0 Å². The van der Waals surface area contributed by atoms with E-state index in [1.165, 1.54) is 11.1 Å². The smallest absolute Gasteiger partial charge is 0.0698 e. The molecule has 0 aliphatic carbocycles. The number of aliphatic hydroxyl groups is 1. The summed E-state index contributed by atoms with van der Waals surface area (Å²) in [4.78, 5) is 2.37. The summed E-state index contributed by atoms with van der Waals surface area (Å²) in [6.45, 7) is 8.92. The molecule has 0 spiro atoms. The maximum absolute atomic E-state index is 8.45. The molecule has 6 nitrogen and oxygen atoms in total. The number of allylic oxidation sites excluding steroid dienone is 8. The van der Waals surface area contributed by atoms with E-state index >= 15 is 0 Å². The SMILES string of the molecule is CC(C1=CC=CNC=C1)C1=CNC=CC=C1.OCCOCCN1CCNCC1. The summed E-state index contributed by atoms with van der Waals surface area (Å²) < 4.78 is 5.17. The Bertz CT molecular complexity index is 614. The third kappa shape index (κ3) is 8.71. The average molecular weight is 387 g/mol. The molecule has 154 valence electrons. The monoisotopic (exact) mass is 386 g/mol. The fourth-order valence-electron chi connectivity index (χ4n) is 2.99. The van der Waals surface area contributed by atoms with Gasteiger partial charge in [0.2, 0.25) is 0 Å². The Morgan fingerprint density at radius 1 is 1.00 bits per heavy atom. The van der Waals surface area contributed by atoms with Crippen molar-refractivity contribution in [2.45, 2.75) is 6.92 Å². The van der Waals surface area contributed by atoms with E-state index in [0.717, 1.165) is 39.3 Å². The summed E-state index contributed by atoms with van der Waals surface area (Å²) >= 11 is 0. The lowest BCUT2D eigenvalue weighted by Gasteiger charge is -2.26. The molecule has 0 aromatic carbocycles. The van der Waals surface area contributed by atoms with E-state index in [1.54, 1.807) is 0 Å². The third-order valence-corrected chi connectivity index (χ3v) is 4.69. The molecular weight excluding hydrogens is 352 g/mol. The molecule has 3 aliphatic rings. The van der Waals surface area contributed by atoms with E-state index in [4.69, 9.17) is 9.84 Å². The van der Waals surface area contributed by atoms with Gasteiger partial charge in [0.25, 0.3) is 0 Å². The molecule has 4 N–H and O–H groups in total. The van der Waals surface area contributed by atoms with Gasteiger partial charge in [0, 0.05) is 63.4 Å². The van der Waals surface area contributed by atoms with Crippen molar-refractivity contribution in [3.05, 3.63) is 72.4 Å². The highest BCUT2D eigenvalue weighted by Gasteiger charge is 2.10. The zero-order chi connectivity index (χ0) is 19.9. The molecule has 1 atom stereocenters. The van der Waals surface area contributed by atoms with E-state index in [-0.39, 0.29) is 6.61 Å². The zero-order valence-electron chi connectivity index (χ0n) is 16.8. The number of ether oxygens (including phenoxy) is 1. The van der Waals surface area contributed by atoms with Gasteiger partial charge in [-0.3, -0.25) is 4.90 Å². The Balaban J connectivity index is 0.000000209. The molecule has 0 radical (unpaired) electrons. The minimum absolute atomic E-state index is 0.127. The number of hydrogen-bond donors (Lipinski definition) is 4. The minimum Gasteiger partial charge on any atom is -0.394 e. The normalized spacial score (nSPS) is 19.9. The molecule has 3 aliphatic heterocycles. The molecule has 1 saturated heterocycles. The van der Waals surface area contributed by atoms with Crippen molar-refractivity contribution in [2.24, 2.45) is 5.92 Å². The number of aliphatic hydroxyl groups excluding tert-OH is 1. The van der Waals surface area contributed by atoms with Gasteiger partial charge in [0.1, 0.15) is 0 Å². The first-order chi connectivity index (χ1) is 13.8. The van der Waals surface area contributed by atoms with Gasteiger partial charge < -0.3 is 25.8 Å². The Morgan fingerprint density at radius 2 is 1.82 bits per heavy atom. The second kappa shape index (κ2) is 14.0. The second-order valence-corrected chi connectivity index (χ2v) is 6.70. The molecule has 28 heavy (non-hydrogen) atoms. The van der Waals surface area contributed by atoms with E-state index in [1.807, 2.05) is 37.0 Å². The highest BCUT2D eigenvalue weighted by Crippen LogP contribution is 2.23. The molecule has 0 aromatic rings. The molecule has 3 rings (SSSR count). The van der Waals surface area contributed by atoms with Crippen LogP contribution in [0.2, 0.25) is 0 Å². The Hall–Kier alpha value is -2.12. The third-order valence-electron chi connectivity index (χ3n) is 4.69. The largest absolute Gasteiger partial charge is 0.394 e. The van der Waals surface area contributed by atoms with Crippen LogP contribution in [0.3, 0.4) is 0 Å². The lowest BCUT2D eigenvalue weighted by atomic mass is 9.92. The van der Waals surface area contributed by atoms with Crippen molar-refractivity contribution in [3.8, 4) is 0 Å². The summed E-state index contributed by atoms with van der Waals surface area (Å²) in [5.41, 5.74) is 2.57. The van der Waals surface area contributed by atoms with Crippen LogP contribution in [0, 0.1) is 5.92 Å². The summed E-state index contributed by atoms with van der Waals surface area (Å²) in [6, 6.07) is 0. The molecule has 6 heteroatoms. The van der Waals surface area contributed by atoms with Gasteiger partial charge in [-0.2, -0.15) is 0 Å². The predicted octanol–water partition coefficient (Wildman–Crippen LogP) is 1.64. The van der Waals surface area contributed by atoms with Crippen molar-refractivity contribution in [1.29, 1.82) is 0 Å². The van der Waals surface area contributed by atoms with Gasteiger partial charge in [0.05, 0.1) is 19.8 Å². The maximum Gasteiger partial charge on any atom is 0.0698 e. The van der Waals surface area contributed by atoms with Crippen molar-refractivity contribution < 1.29 is 9.84 Å². The quantitative estimate of drug-likeness (QED) is 0.499. The van der Waals surface area contributed by atoms with Crippen LogP contribution in [0.25, 0.3) is 0 Å². The van der Waals surface area contributed by atoms with Crippen molar-refractivity contribution >= 4 is 0 Å². The highest BCUT2D eigenvalue weighted by molar-refractivity contribution is 5.38. The first-order valence-corrected chi connectivity index (χ1v) is 10.0. The molecule has 0 aromatic heterocycles. The zero-order valence-corrected chi connectivity index (χ0v) is 16.8. The van der Waals surface area contributed by atoms with Crippen molar-refractivity contribution in [3.63, 3.8) is 0 Å². The van der Waals surface area contributed by atoms with Gasteiger partial charge in [0.15, 0.2) is 0 Å². The van der Waals surface area contributed by atoms with Crippen LogP contribution in [-0.2, 0) is 4.74 Å². The first kappa shape index (κ1) is 22.2. The number of rotatable bonds is 7. The van der Waals surface area contributed by atoms with Crippen molar-refractivity contribution in [1.82, 2.24) is 20.9 Å². The Labute approximate surface area is 169 Å². The van der Waals surface area contributed by atoms with Gasteiger partial charge >= 0.3 is 0 Å². The molecule has 1 unspecified atom stereocenters. The molecule has 1 fully saturated rings. The van der Waals surface area contributed by atoms with Crippen LogP contribution < -0.4 is 16.0 Å². The molecule has 0 amide bonds. The van der Waals surface area contributed by atoms with E-state index < -0.39 is 0 Å². The molecule has 0 bridgehead atoms. The van der Waals surface area contributed by atoms with Crippen LogP contribution in [0.15, 0.2) is 72.4 Å². The Morgan fingerprint density at radius 3 is 2.64 bits per heavy atom. The standard InChI is InChI=1S/C14H16N2.C8H18N2O2/c1-12(13-6-4-9-15-10-7-13)14-5-2-3-8-16-11-14;11-6-8-12-7-5-10-3-1-9-2-4-10/h2-12,15-16H,1H3;9,11H,1-8H2. The second-order valence-electron chi connectivity index (χ2n) is 6.70. The fraction of sp³-hybridized carbons (Fsp3) is 0.455. The van der Waals surface area contributed by atoms with Gasteiger partial charge in [-0.25, -0.2) is 0 Å². The average Bonchev–Trinajstić information content (AvgIpc) is 3.17. The number of hydrogen-bond acceptors (Lipinski definition) is 6. The summed E-state index contributed by atoms with van der Waals surface area (Å²) in [5, 5.41) is 18.0. The number of piperazine rings is 1. The van der Waals surface area contributed by atoms with Gasteiger partial charge in [-0.05, 0) is 29.4 Å². The first-order valence-electron chi connectivity index (χ1n) is 10.0. The highest BCUT2D eigenvalue weighted by atomic mass is 16.5. The van der Waals surface area contributed by atoms with Crippen LogP contribution in [0.4, 0.5) is 0 Å². The van der Waals surface area contributed by atoms with Crippen LogP contribution >= 0.6 is 0 Å². The van der Waals surface area contributed by atoms with Crippen LogP contribution in [0.5, 0.6) is 0 Å². The lowest BCUT2D eigenvalue weighted by Crippen LogP contribution is -2.44. The maximum atomic E-state index is 8.45. The predicted molar refractivity (Wildman–Crippen MR) is 115 cm³/mol. The summed E-state index contributed by atoms with van der Waals surface area (Å²) in [6.07, 6.45) is 20.3. The fourth-order valence-corrected chi connectivity index (χ4v) is 2.99. The number of nitrogens with zero attached hydrogens (tertiary/aromatic N) is 1. The summed E-state index contributed by atoms with van der Waals surface area (Å²) in [5.74, 6) is 0.379.